The van der Waals surface area contributed by atoms with Crippen molar-refractivity contribution in [2.24, 2.45) is 0 Å². The Bertz CT molecular complexity index is 1120. The van der Waals surface area contributed by atoms with Gasteiger partial charge >= 0.3 is 5.69 Å². The van der Waals surface area contributed by atoms with Crippen LogP contribution in [0.3, 0.4) is 0 Å². The highest BCUT2D eigenvalue weighted by molar-refractivity contribution is 6.31. The van der Waals surface area contributed by atoms with Gasteiger partial charge in [0.1, 0.15) is 11.3 Å². The van der Waals surface area contributed by atoms with Gasteiger partial charge in [0.15, 0.2) is 0 Å². The van der Waals surface area contributed by atoms with Crippen LogP contribution in [0, 0.1) is 0 Å². The van der Waals surface area contributed by atoms with E-state index in [-0.39, 0.29) is 11.3 Å². The van der Waals surface area contributed by atoms with E-state index >= 15 is 0 Å². The molecule has 0 bridgehead atoms. The summed E-state index contributed by atoms with van der Waals surface area (Å²) in [5, 5.41) is 3.39. The number of anilines is 1. The van der Waals surface area contributed by atoms with Gasteiger partial charge in [-0.3, -0.25) is 9.59 Å². The van der Waals surface area contributed by atoms with Crippen molar-refractivity contribution in [3.63, 3.8) is 0 Å². The average molecular weight is 406 g/mol. The lowest BCUT2D eigenvalue weighted by molar-refractivity contribution is 0.102. The van der Waals surface area contributed by atoms with Gasteiger partial charge in [-0.2, -0.15) is 0 Å². The molecule has 27 heavy (non-hydrogen) atoms. The second-order valence-electron chi connectivity index (χ2n) is 5.42. The summed E-state index contributed by atoms with van der Waals surface area (Å²) >= 11 is 11.8. The third kappa shape index (κ3) is 3.89. The average Bonchev–Trinajstić information content (AvgIpc) is 2.63. The van der Waals surface area contributed by atoms with Crippen LogP contribution in [-0.4, -0.2) is 22.6 Å². The van der Waals surface area contributed by atoms with E-state index < -0.39 is 17.2 Å². The van der Waals surface area contributed by atoms with Gasteiger partial charge in [0, 0.05) is 16.2 Å². The molecule has 2 N–H and O–H groups in total. The summed E-state index contributed by atoms with van der Waals surface area (Å²) in [5.41, 5.74) is -1.15. The topological polar surface area (TPSA) is 93.2 Å². The number of hydrogen-bond acceptors (Lipinski definition) is 4. The molecule has 0 aliphatic heterocycles. The Morgan fingerprint density at radius 1 is 1.07 bits per heavy atom. The van der Waals surface area contributed by atoms with E-state index in [4.69, 9.17) is 27.9 Å². The molecule has 9 heteroatoms. The second-order valence-corrected chi connectivity index (χ2v) is 6.30. The number of aromatic nitrogens is 2. The molecule has 0 spiro atoms. The smallest absolute Gasteiger partial charge is 0.333 e. The van der Waals surface area contributed by atoms with Crippen LogP contribution in [0.1, 0.15) is 10.4 Å². The standard InChI is InChI=1S/C18H13Cl2N3O4/c1-27-15-7-4-11(20)8-14(15)22-16(24)13-9-21-18(26)23(17(13)25)12-5-2-10(19)3-6-12/h2-9H,1H3,(H,21,26)(H,22,24). The van der Waals surface area contributed by atoms with Crippen LogP contribution < -0.4 is 21.3 Å². The Morgan fingerprint density at radius 2 is 1.74 bits per heavy atom. The number of H-pyrrole nitrogens is 1. The Hall–Kier alpha value is -3.03. The van der Waals surface area contributed by atoms with Gasteiger partial charge in [-0.1, -0.05) is 23.2 Å². The number of halogens is 2. The molecular formula is C18H13Cl2N3O4. The molecule has 1 aromatic heterocycles. The predicted molar refractivity (Wildman–Crippen MR) is 104 cm³/mol. The van der Waals surface area contributed by atoms with E-state index in [1.54, 1.807) is 12.1 Å². The van der Waals surface area contributed by atoms with Crippen LogP contribution >= 0.6 is 23.2 Å². The third-order valence-electron chi connectivity index (χ3n) is 3.72. The van der Waals surface area contributed by atoms with Crippen LogP contribution in [0.4, 0.5) is 5.69 Å². The first-order valence-electron chi connectivity index (χ1n) is 7.66. The molecule has 0 unspecified atom stereocenters. The van der Waals surface area contributed by atoms with Crippen molar-refractivity contribution >= 4 is 34.8 Å². The molecule has 3 rings (SSSR count). The maximum absolute atomic E-state index is 12.7. The van der Waals surface area contributed by atoms with Gasteiger partial charge in [0.05, 0.1) is 18.5 Å². The van der Waals surface area contributed by atoms with Crippen LogP contribution in [0.5, 0.6) is 5.75 Å². The van der Waals surface area contributed by atoms with Crippen molar-refractivity contribution < 1.29 is 9.53 Å². The minimum absolute atomic E-state index is 0.258. The molecule has 7 nitrogen and oxygen atoms in total. The lowest BCUT2D eigenvalue weighted by atomic mass is 10.2. The molecular weight excluding hydrogens is 393 g/mol. The first-order valence-corrected chi connectivity index (χ1v) is 8.42. The number of methoxy groups -OCH3 is 1. The van der Waals surface area contributed by atoms with Crippen molar-refractivity contribution in [1.82, 2.24) is 9.55 Å². The fraction of sp³-hybridized carbons (Fsp3) is 0.0556. The third-order valence-corrected chi connectivity index (χ3v) is 4.20. The fourth-order valence-corrected chi connectivity index (χ4v) is 2.73. The second kappa shape index (κ2) is 7.69. The van der Waals surface area contributed by atoms with Crippen LogP contribution in [0.25, 0.3) is 5.69 Å². The number of rotatable bonds is 4. The number of amides is 1. The molecule has 0 radical (unpaired) electrons. The summed E-state index contributed by atoms with van der Waals surface area (Å²) < 4.78 is 6.01. The maximum atomic E-state index is 12.7. The molecule has 0 fully saturated rings. The van der Waals surface area contributed by atoms with E-state index in [1.165, 1.54) is 37.4 Å². The molecule has 1 amide bonds. The van der Waals surface area contributed by atoms with E-state index in [0.29, 0.717) is 21.5 Å². The molecule has 138 valence electrons. The predicted octanol–water partition coefficient (Wildman–Crippen LogP) is 3.09. The molecule has 2 aromatic carbocycles. The first-order chi connectivity index (χ1) is 12.9. The van der Waals surface area contributed by atoms with Gasteiger partial charge in [0.2, 0.25) is 0 Å². The molecule has 0 aliphatic rings. The monoisotopic (exact) mass is 405 g/mol. The van der Waals surface area contributed by atoms with E-state index in [2.05, 4.69) is 10.3 Å². The lowest BCUT2D eigenvalue weighted by Crippen LogP contribution is -2.38. The lowest BCUT2D eigenvalue weighted by Gasteiger charge is -2.11. The number of nitrogens with one attached hydrogen (secondary N) is 2. The summed E-state index contributed by atoms with van der Waals surface area (Å²) in [4.78, 5) is 39.8. The van der Waals surface area contributed by atoms with Crippen LogP contribution in [0.15, 0.2) is 58.3 Å². The molecule has 3 aromatic rings. The van der Waals surface area contributed by atoms with Crippen LogP contribution in [-0.2, 0) is 0 Å². The van der Waals surface area contributed by atoms with Gasteiger partial charge in [0.25, 0.3) is 11.5 Å². The SMILES string of the molecule is COc1ccc(Cl)cc1NC(=O)c1c[nH]c(=O)n(-c2ccc(Cl)cc2)c1=O. The number of benzene rings is 2. The van der Waals surface area contributed by atoms with Crippen molar-refractivity contribution in [3.8, 4) is 11.4 Å². The van der Waals surface area contributed by atoms with E-state index in [1.807, 2.05) is 0 Å². The zero-order valence-corrected chi connectivity index (χ0v) is 15.5. The summed E-state index contributed by atoms with van der Waals surface area (Å²) in [7, 11) is 1.44. The van der Waals surface area contributed by atoms with Crippen molar-refractivity contribution in [2.75, 3.05) is 12.4 Å². The number of nitrogens with zero attached hydrogens (tertiary/aromatic N) is 1. The minimum atomic E-state index is -0.778. The molecule has 0 saturated carbocycles. The Kier molecular flexibility index (Phi) is 5.34. The van der Waals surface area contributed by atoms with Crippen molar-refractivity contribution in [2.45, 2.75) is 0 Å². The number of aromatic amines is 1. The van der Waals surface area contributed by atoms with Gasteiger partial charge < -0.3 is 15.0 Å². The highest BCUT2D eigenvalue weighted by Crippen LogP contribution is 2.27. The molecule has 0 aliphatic carbocycles. The van der Waals surface area contributed by atoms with Gasteiger partial charge in [-0.15, -0.1) is 0 Å². The number of hydrogen-bond donors (Lipinski definition) is 2. The molecule has 1 heterocycles. The molecule has 0 atom stereocenters. The number of carbonyl (C=O) groups excluding carboxylic acids is 1. The van der Waals surface area contributed by atoms with Gasteiger partial charge in [-0.05, 0) is 42.5 Å². The van der Waals surface area contributed by atoms with Gasteiger partial charge in [-0.25, -0.2) is 9.36 Å². The highest BCUT2D eigenvalue weighted by atomic mass is 35.5. The summed E-state index contributed by atoms with van der Waals surface area (Å²) in [6.07, 6.45) is 1.06. The normalized spacial score (nSPS) is 10.5. The quantitative estimate of drug-likeness (QED) is 0.697. The van der Waals surface area contributed by atoms with E-state index in [0.717, 1.165) is 10.8 Å². The summed E-state index contributed by atoms with van der Waals surface area (Å²) in [5.74, 6) is -0.352. The molecule has 0 saturated heterocycles. The first kappa shape index (κ1) is 18.8. The zero-order chi connectivity index (χ0) is 19.6. The number of carbonyl (C=O) groups is 1. The Balaban J connectivity index is 2.03. The van der Waals surface area contributed by atoms with E-state index in [9.17, 15) is 14.4 Å². The highest BCUT2D eigenvalue weighted by Gasteiger charge is 2.17. The van der Waals surface area contributed by atoms with Crippen molar-refractivity contribution in [3.05, 3.63) is 85.1 Å². The van der Waals surface area contributed by atoms with Crippen LogP contribution in [0.2, 0.25) is 10.0 Å². The summed E-state index contributed by atoms with van der Waals surface area (Å²) in [6, 6.07) is 10.7. The zero-order valence-electron chi connectivity index (χ0n) is 14.0. The fourth-order valence-electron chi connectivity index (χ4n) is 2.43. The number of ether oxygens (including phenoxy) is 1. The minimum Gasteiger partial charge on any atom is -0.495 e. The van der Waals surface area contributed by atoms with Crippen molar-refractivity contribution in [1.29, 1.82) is 0 Å². The maximum Gasteiger partial charge on any atom is 0.333 e. The largest absolute Gasteiger partial charge is 0.495 e. The Morgan fingerprint density at radius 3 is 2.41 bits per heavy atom. The Labute approximate surface area is 163 Å². The summed E-state index contributed by atoms with van der Waals surface area (Å²) in [6.45, 7) is 0.